The van der Waals surface area contributed by atoms with Crippen molar-refractivity contribution in [2.24, 2.45) is 0 Å². The molecule has 1 saturated heterocycles. The molecule has 2 aromatic rings. The Morgan fingerprint density at radius 3 is 2.84 bits per heavy atom. The van der Waals surface area contributed by atoms with Crippen molar-refractivity contribution in [1.82, 2.24) is 9.88 Å². The summed E-state index contributed by atoms with van der Waals surface area (Å²) in [5.41, 5.74) is 0.710. The second-order valence-corrected chi connectivity index (χ2v) is 8.28. The fraction of sp³-hybridized carbons (Fsp3) is 0.474. The van der Waals surface area contributed by atoms with E-state index in [1.54, 1.807) is 11.3 Å². The largest absolute Gasteiger partial charge is 0.444 e. The fourth-order valence-electron chi connectivity index (χ4n) is 2.91. The van der Waals surface area contributed by atoms with Gasteiger partial charge in [-0.1, -0.05) is 41.7 Å². The monoisotopic (exact) mass is 359 g/mol. The van der Waals surface area contributed by atoms with Crippen molar-refractivity contribution in [3.05, 3.63) is 36.5 Å². The summed E-state index contributed by atoms with van der Waals surface area (Å²) in [4.78, 5) is 19.8. The maximum atomic E-state index is 12.3. The molecule has 0 aliphatic carbocycles. The van der Waals surface area contributed by atoms with Crippen molar-refractivity contribution >= 4 is 22.6 Å². The van der Waals surface area contributed by atoms with E-state index in [1.807, 2.05) is 50.1 Å². The number of benzene rings is 1. The quantitative estimate of drug-likeness (QED) is 0.865. The highest BCUT2D eigenvalue weighted by molar-refractivity contribution is 7.18. The van der Waals surface area contributed by atoms with Crippen LogP contribution in [0.1, 0.15) is 33.6 Å². The topological polar surface area (TPSA) is 54.5 Å². The highest BCUT2D eigenvalue weighted by Crippen LogP contribution is 2.29. The van der Waals surface area contributed by atoms with Gasteiger partial charge < -0.3 is 15.0 Å². The Labute approximate surface area is 153 Å². The van der Waals surface area contributed by atoms with E-state index in [-0.39, 0.29) is 12.1 Å². The molecular weight excluding hydrogens is 334 g/mol. The van der Waals surface area contributed by atoms with Crippen LogP contribution < -0.4 is 5.32 Å². The number of rotatable bonds is 4. The van der Waals surface area contributed by atoms with E-state index in [0.29, 0.717) is 6.54 Å². The highest BCUT2D eigenvalue weighted by Gasteiger charge is 2.32. The van der Waals surface area contributed by atoms with Crippen LogP contribution in [0.2, 0.25) is 0 Å². The third-order valence-electron chi connectivity index (χ3n) is 4.06. The predicted octanol–water partition coefficient (Wildman–Crippen LogP) is 4.62. The van der Waals surface area contributed by atoms with E-state index < -0.39 is 5.60 Å². The smallest absolute Gasteiger partial charge is 0.410 e. The van der Waals surface area contributed by atoms with Crippen LogP contribution in [0.15, 0.2) is 36.5 Å². The van der Waals surface area contributed by atoms with Gasteiger partial charge in [-0.3, -0.25) is 0 Å². The molecule has 1 aromatic heterocycles. The summed E-state index contributed by atoms with van der Waals surface area (Å²) < 4.78 is 5.51. The molecule has 0 unspecified atom stereocenters. The maximum absolute atomic E-state index is 12.3. The number of carbonyl (C=O) groups is 1. The van der Waals surface area contributed by atoms with Gasteiger partial charge in [-0.15, -0.1) is 0 Å². The van der Waals surface area contributed by atoms with E-state index in [1.165, 1.54) is 5.56 Å². The molecule has 1 aliphatic heterocycles. The molecule has 134 valence electrons. The maximum Gasteiger partial charge on any atom is 0.410 e. The SMILES string of the molecule is CC(C)(C)OC(=O)N1CCC[C@@H]1CNc1ncc(-c2ccccc2)s1. The minimum absolute atomic E-state index is 0.152. The second kappa shape index (κ2) is 7.44. The van der Waals surface area contributed by atoms with Crippen molar-refractivity contribution in [1.29, 1.82) is 0 Å². The van der Waals surface area contributed by atoms with Crippen LogP contribution in [0.25, 0.3) is 10.4 Å². The zero-order valence-electron chi connectivity index (χ0n) is 15.0. The third-order valence-corrected chi connectivity index (χ3v) is 5.06. The van der Waals surface area contributed by atoms with Gasteiger partial charge in [-0.05, 0) is 39.2 Å². The van der Waals surface area contributed by atoms with E-state index in [2.05, 4.69) is 22.4 Å². The van der Waals surface area contributed by atoms with Crippen LogP contribution in [0.3, 0.4) is 0 Å². The molecule has 0 spiro atoms. The summed E-state index contributed by atoms with van der Waals surface area (Å²) >= 11 is 1.63. The van der Waals surface area contributed by atoms with Crippen LogP contribution in [-0.4, -0.2) is 40.7 Å². The third kappa shape index (κ3) is 4.72. The number of amides is 1. The van der Waals surface area contributed by atoms with Crippen molar-refractivity contribution < 1.29 is 9.53 Å². The molecule has 25 heavy (non-hydrogen) atoms. The Balaban J connectivity index is 1.58. The van der Waals surface area contributed by atoms with Crippen LogP contribution in [0.5, 0.6) is 0 Å². The van der Waals surface area contributed by atoms with Crippen molar-refractivity contribution in [2.45, 2.75) is 45.3 Å². The fourth-order valence-corrected chi connectivity index (χ4v) is 3.73. The standard InChI is InChI=1S/C19H25N3O2S/c1-19(2,3)24-18(23)22-11-7-10-15(22)12-20-17-21-13-16(25-17)14-8-5-4-6-9-14/h4-6,8-9,13,15H,7,10-12H2,1-3H3,(H,20,21)/t15-/m1/s1. The molecule has 0 radical (unpaired) electrons. The van der Waals surface area contributed by atoms with Gasteiger partial charge in [0.15, 0.2) is 5.13 Å². The summed E-state index contributed by atoms with van der Waals surface area (Å²) in [6.07, 6.45) is 3.67. The number of carbonyl (C=O) groups excluding carboxylic acids is 1. The lowest BCUT2D eigenvalue weighted by Crippen LogP contribution is -2.42. The first-order chi connectivity index (χ1) is 11.9. The van der Waals surface area contributed by atoms with Gasteiger partial charge in [-0.25, -0.2) is 9.78 Å². The number of nitrogens with one attached hydrogen (secondary N) is 1. The van der Waals surface area contributed by atoms with Crippen LogP contribution in [-0.2, 0) is 4.74 Å². The summed E-state index contributed by atoms with van der Waals surface area (Å²) in [6, 6.07) is 10.4. The molecule has 3 rings (SSSR count). The van der Waals surface area contributed by atoms with Gasteiger partial charge in [0.05, 0.1) is 10.9 Å². The van der Waals surface area contributed by atoms with E-state index in [9.17, 15) is 4.79 Å². The Bertz CT molecular complexity index is 709. The van der Waals surface area contributed by atoms with Crippen LogP contribution in [0, 0.1) is 0 Å². The predicted molar refractivity (Wildman–Crippen MR) is 102 cm³/mol. The average molecular weight is 359 g/mol. The lowest BCUT2D eigenvalue weighted by atomic mass is 10.2. The van der Waals surface area contributed by atoms with E-state index >= 15 is 0 Å². The lowest BCUT2D eigenvalue weighted by Gasteiger charge is -2.28. The van der Waals surface area contributed by atoms with Crippen LogP contribution in [0.4, 0.5) is 9.93 Å². The number of thiazole rings is 1. The lowest BCUT2D eigenvalue weighted by molar-refractivity contribution is 0.0235. The molecule has 1 atom stereocenters. The van der Waals surface area contributed by atoms with Crippen molar-refractivity contribution in [3.8, 4) is 10.4 Å². The minimum atomic E-state index is -0.461. The first-order valence-electron chi connectivity index (χ1n) is 8.67. The molecule has 0 bridgehead atoms. The second-order valence-electron chi connectivity index (χ2n) is 7.25. The summed E-state index contributed by atoms with van der Waals surface area (Å²) in [5, 5.41) is 4.27. The zero-order chi connectivity index (χ0) is 17.9. The van der Waals surface area contributed by atoms with Gasteiger partial charge >= 0.3 is 6.09 Å². The number of ether oxygens (including phenoxy) is 1. The molecule has 1 fully saturated rings. The Morgan fingerprint density at radius 1 is 1.36 bits per heavy atom. The summed E-state index contributed by atoms with van der Waals surface area (Å²) in [6.45, 7) is 7.15. The average Bonchev–Trinajstić information content (AvgIpc) is 3.21. The summed E-state index contributed by atoms with van der Waals surface area (Å²) in [7, 11) is 0. The number of anilines is 1. The molecule has 1 N–H and O–H groups in total. The number of aromatic nitrogens is 1. The Kier molecular flexibility index (Phi) is 5.27. The van der Waals surface area contributed by atoms with Gasteiger partial charge in [-0.2, -0.15) is 0 Å². The molecule has 1 aromatic carbocycles. The summed E-state index contributed by atoms with van der Waals surface area (Å²) in [5.74, 6) is 0. The molecule has 1 aliphatic rings. The molecule has 5 nitrogen and oxygen atoms in total. The number of hydrogen-bond acceptors (Lipinski definition) is 5. The van der Waals surface area contributed by atoms with Crippen molar-refractivity contribution in [2.75, 3.05) is 18.4 Å². The first-order valence-corrected chi connectivity index (χ1v) is 9.49. The number of likely N-dealkylation sites (tertiary alicyclic amines) is 1. The Morgan fingerprint density at radius 2 is 2.12 bits per heavy atom. The van der Waals surface area contributed by atoms with Crippen LogP contribution >= 0.6 is 11.3 Å². The van der Waals surface area contributed by atoms with Gasteiger partial charge in [0.2, 0.25) is 0 Å². The molecule has 2 heterocycles. The normalized spacial score (nSPS) is 17.6. The van der Waals surface area contributed by atoms with Gasteiger partial charge in [0.1, 0.15) is 5.60 Å². The number of nitrogens with zero attached hydrogens (tertiary/aromatic N) is 2. The zero-order valence-corrected chi connectivity index (χ0v) is 15.8. The Hall–Kier alpha value is -2.08. The highest BCUT2D eigenvalue weighted by atomic mass is 32.1. The molecule has 1 amide bonds. The van der Waals surface area contributed by atoms with Gasteiger partial charge in [0, 0.05) is 19.3 Å². The van der Waals surface area contributed by atoms with Gasteiger partial charge in [0.25, 0.3) is 0 Å². The molecule has 0 saturated carbocycles. The van der Waals surface area contributed by atoms with E-state index in [4.69, 9.17) is 4.74 Å². The van der Waals surface area contributed by atoms with E-state index in [0.717, 1.165) is 29.4 Å². The molecular formula is C19H25N3O2S. The molecule has 6 heteroatoms. The number of hydrogen-bond donors (Lipinski definition) is 1. The first kappa shape index (κ1) is 17.7. The van der Waals surface area contributed by atoms with Crippen molar-refractivity contribution in [3.63, 3.8) is 0 Å². The minimum Gasteiger partial charge on any atom is -0.444 e.